The third-order valence-electron chi connectivity index (χ3n) is 2.68. The molecule has 0 saturated carbocycles. The topological polar surface area (TPSA) is 76.1 Å². The van der Waals surface area contributed by atoms with Gasteiger partial charge in [0.25, 0.3) is 5.91 Å². The second kappa shape index (κ2) is 7.41. The van der Waals surface area contributed by atoms with E-state index >= 15 is 0 Å². The Hall–Kier alpha value is -2.61. The number of benzene rings is 1. The number of nitrogens with zero attached hydrogens (tertiary/aromatic N) is 2. The molecule has 0 atom stereocenters. The number of methoxy groups -OCH3 is 1. The number of aromatic nitrogens is 2. The molecule has 0 saturated heterocycles. The van der Waals surface area contributed by atoms with E-state index in [0.29, 0.717) is 13.2 Å². The minimum Gasteiger partial charge on any atom is -0.383 e. The fourth-order valence-corrected chi connectivity index (χ4v) is 1.63. The van der Waals surface area contributed by atoms with Gasteiger partial charge in [-0.1, -0.05) is 6.07 Å². The van der Waals surface area contributed by atoms with E-state index in [1.165, 1.54) is 25.4 Å². The summed E-state index contributed by atoms with van der Waals surface area (Å²) in [6.45, 7) is 0.687. The summed E-state index contributed by atoms with van der Waals surface area (Å²) in [7, 11) is 1.52. The van der Waals surface area contributed by atoms with Crippen LogP contribution in [-0.2, 0) is 4.74 Å². The second-order valence-corrected chi connectivity index (χ2v) is 4.24. The van der Waals surface area contributed by atoms with Crippen LogP contribution in [0.4, 0.5) is 20.4 Å². The number of carbonyl (C=O) groups is 1. The third kappa shape index (κ3) is 3.95. The van der Waals surface area contributed by atoms with Crippen LogP contribution in [-0.4, -0.2) is 36.1 Å². The lowest BCUT2D eigenvalue weighted by molar-refractivity contribution is 0.0932. The van der Waals surface area contributed by atoms with Crippen molar-refractivity contribution in [3.8, 4) is 0 Å². The SMILES string of the molecule is COCCNC(=O)c1ccnc(Nc2c(F)cccc2F)n1. The average molecular weight is 308 g/mol. The predicted octanol–water partition coefficient (Wildman–Crippen LogP) is 1.87. The molecule has 0 aliphatic rings. The number of anilines is 2. The van der Waals surface area contributed by atoms with Gasteiger partial charge < -0.3 is 15.4 Å². The monoisotopic (exact) mass is 308 g/mol. The molecular formula is C14H14F2N4O2. The number of nitrogens with one attached hydrogen (secondary N) is 2. The standard InChI is InChI=1S/C14H14F2N4O2/c1-22-8-7-17-13(21)11-5-6-18-14(19-11)20-12-9(15)3-2-4-10(12)16/h2-6H,7-8H2,1H3,(H,17,21)(H,18,19,20). The van der Waals surface area contributed by atoms with E-state index in [9.17, 15) is 13.6 Å². The summed E-state index contributed by atoms with van der Waals surface area (Å²) in [5.74, 6) is -2.07. The first kappa shape index (κ1) is 15.8. The normalized spacial score (nSPS) is 10.3. The van der Waals surface area contributed by atoms with Gasteiger partial charge in [0.1, 0.15) is 23.0 Å². The fourth-order valence-electron chi connectivity index (χ4n) is 1.63. The highest BCUT2D eigenvalue weighted by Gasteiger charge is 2.12. The van der Waals surface area contributed by atoms with Gasteiger partial charge in [-0.3, -0.25) is 4.79 Å². The molecule has 0 radical (unpaired) electrons. The molecule has 1 heterocycles. The average Bonchev–Trinajstić information content (AvgIpc) is 2.51. The number of amides is 1. The van der Waals surface area contributed by atoms with Crippen LogP contribution in [0, 0.1) is 11.6 Å². The highest BCUT2D eigenvalue weighted by molar-refractivity contribution is 5.92. The van der Waals surface area contributed by atoms with Gasteiger partial charge in [0.2, 0.25) is 5.95 Å². The van der Waals surface area contributed by atoms with E-state index in [0.717, 1.165) is 12.1 Å². The molecule has 1 amide bonds. The Labute approximate surface area is 125 Å². The smallest absolute Gasteiger partial charge is 0.270 e. The van der Waals surface area contributed by atoms with Crippen LogP contribution in [0.2, 0.25) is 0 Å². The van der Waals surface area contributed by atoms with Gasteiger partial charge in [0, 0.05) is 19.9 Å². The molecule has 1 aromatic heterocycles. The number of rotatable bonds is 6. The van der Waals surface area contributed by atoms with Crippen molar-refractivity contribution >= 4 is 17.5 Å². The van der Waals surface area contributed by atoms with Crippen molar-refractivity contribution < 1.29 is 18.3 Å². The highest BCUT2D eigenvalue weighted by atomic mass is 19.1. The van der Waals surface area contributed by atoms with Crippen LogP contribution in [0.15, 0.2) is 30.5 Å². The van der Waals surface area contributed by atoms with Gasteiger partial charge in [-0.2, -0.15) is 0 Å². The lowest BCUT2D eigenvalue weighted by Gasteiger charge is -2.08. The van der Waals surface area contributed by atoms with E-state index in [2.05, 4.69) is 20.6 Å². The van der Waals surface area contributed by atoms with E-state index in [1.807, 2.05) is 0 Å². The van der Waals surface area contributed by atoms with Gasteiger partial charge in [-0.05, 0) is 18.2 Å². The molecule has 1 aromatic carbocycles. The number of carbonyl (C=O) groups excluding carboxylic acids is 1. The minimum atomic E-state index is -0.779. The quantitative estimate of drug-likeness (QED) is 0.797. The molecule has 6 nitrogen and oxygen atoms in total. The van der Waals surface area contributed by atoms with Crippen molar-refractivity contribution in [1.82, 2.24) is 15.3 Å². The van der Waals surface area contributed by atoms with Gasteiger partial charge in [0.05, 0.1) is 6.61 Å². The Balaban J connectivity index is 2.13. The van der Waals surface area contributed by atoms with Gasteiger partial charge in [-0.15, -0.1) is 0 Å². The number of para-hydroxylation sites is 1. The largest absolute Gasteiger partial charge is 0.383 e. The Kier molecular flexibility index (Phi) is 5.31. The van der Waals surface area contributed by atoms with Gasteiger partial charge in [-0.25, -0.2) is 18.7 Å². The molecule has 0 fully saturated rings. The summed E-state index contributed by atoms with van der Waals surface area (Å²) in [6, 6.07) is 4.85. The second-order valence-electron chi connectivity index (χ2n) is 4.24. The minimum absolute atomic E-state index is 0.0744. The van der Waals surface area contributed by atoms with Crippen LogP contribution < -0.4 is 10.6 Å². The first-order chi connectivity index (χ1) is 10.6. The van der Waals surface area contributed by atoms with Crippen molar-refractivity contribution in [2.45, 2.75) is 0 Å². The first-order valence-corrected chi connectivity index (χ1v) is 6.43. The first-order valence-electron chi connectivity index (χ1n) is 6.43. The molecule has 22 heavy (non-hydrogen) atoms. The van der Waals surface area contributed by atoms with Crippen molar-refractivity contribution in [2.75, 3.05) is 25.6 Å². The molecule has 0 bridgehead atoms. The maximum atomic E-state index is 13.5. The molecule has 0 unspecified atom stereocenters. The lowest BCUT2D eigenvalue weighted by Crippen LogP contribution is -2.27. The molecule has 8 heteroatoms. The molecule has 2 N–H and O–H groups in total. The van der Waals surface area contributed by atoms with E-state index in [-0.39, 0.29) is 17.3 Å². The van der Waals surface area contributed by atoms with Crippen molar-refractivity contribution in [1.29, 1.82) is 0 Å². The zero-order chi connectivity index (χ0) is 15.9. The summed E-state index contributed by atoms with van der Waals surface area (Å²) in [5, 5.41) is 5.01. The van der Waals surface area contributed by atoms with Crippen LogP contribution in [0.1, 0.15) is 10.5 Å². The number of hydrogen-bond donors (Lipinski definition) is 2. The summed E-state index contributed by atoms with van der Waals surface area (Å²) >= 11 is 0. The Morgan fingerprint density at radius 1 is 1.27 bits per heavy atom. The molecule has 0 aliphatic heterocycles. The molecule has 116 valence electrons. The van der Waals surface area contributed by atoms with Gasteiger partial charge in [0.15, 0.2) is 0 Å². The number of ether oxygens (including phenoxy) is 1. The zero-order valence-electron chi connectivity index (χ0n) is 11.8. The summed E-state index contributed by atoms with van der Waals surface area (Å²) in [4.78, 5) is 19.6. The fraction of sp³-hybridized carbons (Fsp3) is 0.214. The van der Waals surface area contributed by atoms with Crippen LogP contribution >= 0.6 is 0 Å². The van der Waals surface area contributed by atoms with Gasteiger partial charge >= 0.3 is 0 Å². The molecule has 2 aromatic rings. The zero-order valence-corrected chi connectivity index (χ0v) is 11.8. The number of hydrogen-bond acceptors (Lipinski definition) is 5. The lowest BCUT2D eigenvalue weighted by atomic mass is 10.3. The maximum Gasteiger partial charge on any atom is 0.270 e. The van der Waals surface area contributed by atoms with Crippen molar-refractivity contribution in [3.05, 3.63) is 47.8 Å². The van der Waals surface area contributed by atoms with E-state index in [1.54, 1.807) is 0 Å². The van der Waals surface area contributed by atoms with Crippen LogP contribution in [0.3, 0.4) is 0 Å². The Morgan fingerprint density at radius 2 is 2.00 bits per heavy atom. The van der Waals surface area contributed by atoms with Crippen LogP contribution in [0.25, 0.3) is 0 Å². The molecule has 0 spiro atoms. The maximum absolute atomic E-state index is 13.5. The number of halogens is 2. The summed E-state index contributed by atoms with van der Waals surface area (Å²) < 4.78 is 31.9. The Bertz CT molecular complexity index is 647. The highest BCUT2D eigenvalue weighted by Crippen LogP contribution is 2.20. The summed E-state index contributed by atoms with van der Waals surface area (Å²) in [5.41, 5.74) is -0.301. The molecule has 0 aliphatic carbocycles. The van der Waals surface area contributed by atoms with Crippen LogP contribution in [0.5, 0.6) is 0 Å². The third-order valence-corrected chi connectivity index (χ3v) is 2.68. The summed E-state index contributed by atoms with van der Waals surface area (Å²) in [6.07, 6.45) is 1.32. The Morgan fingerprint density at radius 3 is 2.68 bits per heavy atom. The van der Waals surface area contributed by atoms with Crippen molar-refractivity contribution in [3.63, 3.8) is 0 Å². The predicted molar refractivity (Wildman–Crippen MR) is 75.9 cm³/mol. The van der Waals surface area contributed by atoms with E-state index in [4.69, 9.17) is 4.74 Å². The molecule has 2 rings (SSSR count). The molecular weight excluding hydrogens is 294 g/mol. The van der Waals surface area contributed by atoms with E-state index < -0.39 is 17.5 Å². The van der Waals surface area contributed by atoms with Crippen molar-refractivity contribution in [2.24, 2.45) is 0 Å².